The third-order valence-electron chi connectivity index (χ3n) is 3.56. The van der Waals surface area contributed by atoms with Gasteiger partial charge in [0.25, 0.3) is 11.8 Å². The highest BCUT2D eigenvalue weighted by molar-refractivity contribution is 6.05. The van der Waals surface area contributed by atoms with Crippen LogP contribution in [0.5, 0.6) is 0 Å². The van der Waals surface area contributed by atoms with E-state index in [2.05, 4.69) is 10.6 Å². The number of hydrogen-bond donors (Lipinski definition) is 2. The fourth-order valence-corrected chi connectivity index (χ4v) is 2.14. The molecular formula is C19H20F2N2O3. The third-order valence-corrected chi connectivity index (χ3v) is 3.56. The molecule has 5 nitrogen and oxygen atoms in total. The van der Waals surface area contributed by atoms with Gasteiger partial charge in [-0.3, -0.25) is 9.59 Å². The van der Waals surface area contributed by atoms with Gasteiger partial charge in [-0.15, -0.1) is 0 Å². The van der Waals surface area contributed by atoms with Crippen molar-refractivity contribution >= 4 is 23.2 Å². The molecule has 2 amide bonds. The first-order valence-electron chi connectivity index (χ1n) is 8.21. The second-order valence-corrected chi connectivity index (χ2v) is 5.61. The Morgan fingerprint density at radius 1 is 1.08 bits per heavy atom. The van der Waals surface area contributed by atoms with Crippen LogP contribution in [0.3, 0.4) is 0 Å². The monoisotopic (exact) mass is 362 g/mol. The Hall–Kier alpha value is -2.80. The summed E-state index contributed by atoms with van der Waals surface area (Å²) in [5.41, 5.74) is -0.547. The van der Waals surface area contributed by atoms with Crippen LogP contribution < -0.4 is 10.6 Å². The topological polar surface area (TPSA) is 67.4 Å². The SMILES string of the molecule is CCCOC(C)C(=O)Nc1c(F)ccc(NC(=O)c2ccccc2)c1F. The molecular weight excluding hydrogens is 342 g/mol. The average Bonchev–Trinajstić information content (AvgIpc) is 2.65. The predicted octanol–water partition coefficient (Wildman–Crippen LogP) is 3.97. The van der Waals surface area contributed by atoms with Gasteiger partial charge < -0.3 is 15.4 Å². The normalized spacial score (nSPS) is 11.7. The maximum absolute atomic E-state index is 14.6. The van der Waals surface area contributed by atoms with E-state index < -0.39 is 35.2 Å². The van der Waals surface area contributed by atoms with E-state index in [4.69, 9.17) is 4.74 Å². The number of carbonyl (C=O) groups is 2. The minimum Gasteiger partial charge on any atom is -0.369 e. The molecule has 0 saturated carbocycles. The van der Waals surface area contributed by atoms with Gasteiger partial charge in [0.1, 0.15) is 17.6 Å². The number of halogens is 2. The lowest BCUT2D eigenvalue weighted by atomic mass is 10.2. The van der Waals surface area contributed by atoms with Crippen molar-refractivity contribution in [1.82, 2.24) is 0 Å². The average molecular weight is 362 g/mol. The maximum Gasteiger partial charge on any atom is 0.255 e. The predicted molar refractivity (Wildman–Crippen MR) is 95.1 cm³/mol. The Labute approximate surface area is 150 Å². The van der Waals surface area contributed by atoms with Crippen molar-refractivity contribution in [2.75, 3.05) is 17.2 Å². The quantitative estimate of drug-likeness (QED) is 0.783. The van der Waals surface area contributed by atoms with Crippen molar-refractivity contribution in [2.45, 2.75) is 26.4 Å². The first-order valence-corrected chi connectivity index (χ1v) is 8.21. The Balaban J connectivity index is 2.17. The number of benzene rings is 2. The lowest BCUT2D eigenvalue weighted by Crippen LogP contribution is -2.29. The fourth-order valence-electron chi connectivity index (χ4n) is 2.14. The second kappa shape index (κ2) is 9.05. The Bertz CT molecular complexity index is 782. The van der Waals surface area contributed by atoms with Crippen molar-refractivity contribution in [2.24, 2.45) is 0 Å². The van der Waals surface area contributed by atoms with Crippen LogP contribution in [0.2, 0.25) is 0 Å². The summed E-state index contributed by atoms with van der Waals surface area (Å²) in [6.45, 7) is 3.72. The van der Waals surface area contributed by atoms with E-state index in [1.54, 1.807) is 30.3 Å². The molecule has 0 aliphatic heterocycles. The molecule has 2 aromatic carbocycles. The number of anilines is 2. The molecule has 1 atom stereocenters. The summed E-state index contributed by atoms with van der Waals surface area (Å²) in [5, 5.41) is 4.54. The van der Waals surface area contributed by atoms with E-state index in [1.807, 2.05) is 6.92 Å². The molecule has 7 heteroatoms. The van der Waals surface area contributed by atoms with Crippen molar-refractivity contribution in [3.63, 3.8) is 0 Å². The van der Waals surface area contributed by atoms with Gasteiger partial charge in [0.15, 0.2) is 5.82 Å². The highest BCUT2D eigenvalue weighted by atomic mass is 19.1. The fraction of sp³-hybridized carbons (Fsp3) is 0.263. The summed E-state index contributed by atoms with van der Waals surface area (Å²) in [7, 11) is 0. The summed E-state index contributed by atoms with van der Waals surface area (Å²) in [5.74, 6) is -3.24. The van der Waals surface area contributed by atoms with E-state index in [-0.39, 0.29) is 5.69 Å². The molecule has 1 unspecified atom stereocenters. The highest BCUT2D eigenvalue weighted by Crippen LogP contribution is 2.26. The van der Waals surface area contributed by atoms with Crippen LogP contribution in [-0.4, -0.2) is 24.5 Å². The molecule has 0 radical (unpaired) electrons. The summed E-state index contributed by atoms with van der Waals surface area (Å²) < 4.78 is 33.8. The number of carbonyl (C=O) groups excluding carboxylic acids is 2. The molecule has 0 aromatic heterocycles. The largest absolute Gasteiger partial charge is 0.369 e. The van der Waals surface area contributed by atoms with Gasteiger partial charge >= 0.3 is 0 Å². The van der Waals surface area contributed by atoms with Crippen molar-refractivity contribution in [1.29, 1.82) is 0 Å². The molecule has 26 heavy (non-hydrogen) atoms. The van der Waals surface area contributed by atoms with Crippen LogP contribution in [0.15, 0.2) is 42.5 Å². The Morgan fingerprint density at radius 2 is 1.77 bits per heavy atom. The molecule has 2 N–H and O–H groups in total. The van der Waals surface area contributed by atoms with Gasteiger partial charge in [-0.1, -0.05) is 25.1 Å². The van der Waals surface area contributed by atoms with Crippen molar-refractivity contribution in [3.05, 3.63) is 59.7 Å². The summed E-state index contributed by atoms with van der Waals surface area (Å²) >= 11 is 0. The lowest BCUT2D eigenvalue weighted by Gasteiger charge is -2.15. The summed E-state index contributed by atoms with van der Waals surface area (Å²) in [6.07, 6.45) is -0.155. The van der Waals surface area contributed by atoms with Crippen LogP contribution in [0.4, 0.5) is 20.2 Å². The van der Waals surface area contributed by atoms with Gasteiger partial charge in [0.2, 0.25) is 0 Å². The number of amides is 2. The van der Waals surface area contributed by atoms with Gasteiger partial charge in [-0.25, -0.2) is 8.78 Å². The van der Waals surface area contributed by atoms with Crippen LogP contribution in [0.1, 0.15) is 30.6 Å². The van der Waals surface area contributed by atoms with Crippen molar-refractivity contribution < 1.29 is 23.1 Å². The van der Waals surface area contributed by atoms with Gasteiger partial charge in [-0.05, 0) is 37.6 Å². The zero-order chi connectivity index (χ0) is 19.1. The molecule has 2 aromatic rings. The van der Waals surface area contributed by atoms with E-state index in [1.165, 1.54) is 6.92 Å². The minimum atomic E-state index is -1.06. The molecule has 0 aliphatic rings. The Morgan fingerprint density at radius 3 is 2.42 bits per heavy atom. The van der Waals surface area contributed by atoms with Crippen LogP contribution in [0.25, 0.3) is 0 Å². The first kappa shape index (κ1) is 19.5. The van der Waals surface area contributed by atoms with Gasteiger partial charge in [-0.2, -0.15) is 0 Å². The molecule has 2 rings (SSSR count). The van der Waals surface area contributed by atoms with Crippen LogP contribution in [0, 0.1) is 11.6 Å². The molecule has 0 spiro atoms. The van der Waals surface area contributed by atoms with Gasteiger partial charge in [0, 0.05) is 12.2 Å². The molecule has 138 valence electrons. The molecule has 0 saturated heterocycles. The lowest BCUT2D eigenvalue weighted by molar-refractivity contribution is -0.126. The summed E-state index contributed by atoms with van der Waals surface area (Å²) in [4.78, 5) is 24.2. The number of ether oxygens (including phenoxy) is 1. The molecule has 0 aliphatic carbocycles. The Kier molecular flexibility index (Phi) is 6.80. The number of rotatable bonds is 7. The highest BCUT2D eigenvalue weighted by Gasteiger charge is 2.21. The number of nitrogens with one attached hydrogen (secondary N) is 2. The molecule has 0 heterocycles. The second-order valence-electron chi connectivity index (χ2n) is 5.61. The summed E-state index contributed by atoms with van der Waals surface area (Å²) in [6, 6.07) is 10.3. The van der Waals surface area contributed by atoms with E-state index in [9.17, 15) is 18.4 Å². The van der Waals surface area contributed by atoms with E-state index >= 15 is 0 Å². The van der Waals surface area contributed by atoms with Crippen LogP contribution in [-0.2, 0) is 9.53 Å². The van der Waals surface area contributed by atoms with E-state index in [0.29, 0.717) is 18.6 Å². The maximum atomic E-state index is 14.6. The van der Waals surface area contributed by atoms with E-state index in [0.717, 1.165) is 12.1 Å². The van der Waals surface area contributed by atoms with Crippen molar-refractivity contribution in [3.8, 4) is 0 Å². The zero-order valence-corrected chi connectivity index (χ0v) is 14.5. The minimum absolute atomic E-state index is 0.238. The van der Waals surface area contributed by atoms with Gasteiger partial charge in [0.05, 0.1) is 5.69 Å². The molecule has 0 bridgehead atoms. The number of hydrogen-bond acceptors (Lipinski definition) is 3. The van der Waals surface area contributed by atoms with Crippen LogP contribution >= 0.6 is 0 Å². The standard InChI is InChI=1S/C19H20F2N2O3/c1-3-11-26-12(2)18(24)23-17-14(20)9-10-15(16(17)21)22-19(25)13-7-5-4-6-8-13/h4-10,12H,3,11H2,1-2H3,(H,22,25)(H,23,24). The molecule has 0 fully saturated rings. The third kappa shape index (κ3) is 4.86. The smallest absolute Gasteiger partial charge is 0.255 e. The first-order chi connectivity index (χ1) is 12.4. The zero-order valence-electron chi connectivity index (χ0n) is 14.5.